The van der Waals surface area contributed by atoms with Crippen LogP contribution in [0, 0.1) is 0 Å². The summed E-state index contributed by atoms with van der Waals surface area (Å²) < 4.78 is 0. The van der Waals surface area contributed by atoms with Crippen LogP contribution >= 0.6 is 0 Å². The Labute approximate surface area is 290 Å². The molecular formula is C41H77NO5. The molecular weight excluding hydrogens is 586 g/mol. The summed E-state index contributed by atoms with van der Waals surface area (Å²) in [5, 5.41) is 43.5. The number of rotatable bonds is 35. The normalized spacial score (nSPS) is 14.8. The highest BCUT2D eigenvalue weighted by Gasteiger charge is 2.28. The monoisotopic (exact) mass is 664 g/mol. The van der Waals surface area contributed by atoms with Gasteiger partial charge in [-0.3, -0.25) is 4.79 Å². The zero-order valence-electron chi connectivity index (χ0n) is 30.8. The molecule has 0 aliphatic heterocycles. The Hall–Kier alpha value is -1.47. The fourth-order valence-corrected chi connectivity index (χ4v) is 5.82. The lowest BCUT2D eigenvalue weighted by Gasteiger charge is -2.27. The van der Waals surface area contributed by atoms with Crippen LogP contribution < -0.4 is 5.32 Å². The van der Waals surface area contributed by atoms with Crippen molar-refractivity contribution in [3.8, 4) is 0 Å². The number of carbonyl (C=O) groups excluding carboxylic acids is 1. The minimum Gasteiger partial charge on any atom is -0.394 e. The van der Waals surface area contributed by atoms with Crippen molar-refractivity contribution in [1.82, 2.24) is 5.32 Å². The minimum atomic E-state index is -1.29. The third-order valence-corrected chi connectivity index (χ3v) is 9.05. The molecule has 0 fully saturated rings. The lowest BCUT2D eigenvalue weighted by atomic mass is 10.00. The number of allylic oxidation sites excluding steroid dienone is 6. The zero-order chi connectivity index (χ0) is 34.6. The largest absolute Gasteiger partial charge is 0.394 e. The highest BCUT2D eigenvalue weighted by molar-refractivity contribution is 5.80. The van der Waals surface area contributed by atoms with Crippen molar-refractivity contribution in [3.05, 3.63) is 36.5 Å². The van der Waals surface area contributed by atoms with Crippen molar-refractivity contribution < 1.29 is 25.2 Å². The molecule has 0 rings (SSSR count). The second kappa shape index (κ2) is 35.8. The maximum atomic E-state index is 12.5. The summed E-state index contributed by atoms with van der Waals surface area (Å²) in [4.78, 5) is 12.5. The molecule has 6 nitrogen and oxygen atoms in total. The molecule has 47 heavy (non-hydrogen) atoms. The van der Waals surface area contributed by atoms with Gasteiger partial charge in [0.25, 0.3) is 0 Å². The van der Waals surface area contributed by atoms with Gasteiger partial charge in [0.15, 0.2) is 0 Å². The fourth-order valence-electron chi connectivity index (χ4n) is 5.82. The molecule has 6 heteroatoms. The van der Waals surface area contributed by atoms with Gasteiger partial charge in [0.05, 0.1) is 18.8 Å². The average Bonchev–Trinajstić information content (AvgIpc) is 3.07. The summed E-state index contributed by atoms with van der Waals surface area (Å²) in [6.45, 7) is 4.00. The quantitative estimate of drug-likeness (QED) is 0.0343. The predicted molar refractivity (Wildman–Crippen MR) is 200 cm³/mol. The van der Waals surface area contributed by atoms with E-state index < -0.39 is 36.9 Å². The molecule has 0 saturated heterocycles. The number of unbranched alkanes of at least 4 members (excludes halogenated alkanes) is 20. The number of nitrogens with one attached hydrogen (secondary N) is 1. The Balaban J connectivity index is 3.88. The Kier molecular flexibility index (Phi) is 34.7. The third-order valence-electron chi connectivity index (χ3n) is 9.05. The van der Waals surface area contributed by atoms with Crippen LogP contribution in [0.25, 0.3) is 0 Å². The van der Waals surface area contributed by atoms with Gasteiger partial charge >= 0.3 is 0 Å². The van der Waals surface area contributed by atoms with Gasteiger partial charge in [0, 0.05) is 0 Å². The first-order valence-corrected chi connectivity index (χ1v) is 19.9. The molecule has 0 aliphatic carbocycles. The SMILES string of the molecule is CCCCCCCC/C=C\CCCCCCCCC(O)C(=O)NC(CO)C(O)C(O)CCC/C=C/CC/C=C/CCCCCCCC. The van der Waals surface area contributed by atoms with Gasteiger partial charge in [-0.15, -0.1) is 0 Å². The van der Waals surface area contributed by atoms with Gasteiger partial charge in [-0.05, 0) is 77.0 Å². The summed E-state index contributed by atoms with van der Waals surface area (Å²) in [7, 11) is 0. The maximum absolute atomic E-state index is 12.5. The van der Waals surface area contributed by atoms with E-state index in [4.69, 9.17) is 0 Å². The van der Waals surface area contributed by atoms with Crippen LogP contribution in [0.3, 0.4) is 0 Å². The molecule has 0 aromatic carbocycles. The highest BCUT2D eigenvalue weighted by atomic mass is 16.3. The predicted octanol–water partition coefficient (Wildman–Crippen LogP) is 9.79. The Morgan fingerprint density at radius 2 is 0.894 bits per heavy atom. The van der Waals surface area contributed by atoms with E-state index in [1.54, 1.807) is 0 Å². The lowest BCUT2D eigenvalue weighted by Crippen LogP contribution is -2.53. The van der Waals surface area contributed by atoms with E-state index in [0.717, 1.165) is 51.4 Å². The molecule has 0 aromatic rings. The van der Waals surface area contributed by atoms with Gasteiger partial charge in [-0.25, -0.2) is 0 Å². The van der Waals surface area contributed by atoms with Gasteiger partial charge in [0.2, 0.25) is 5.91 Å². The number of hydrogen-bond acceptors (Lipinski definition) is 5. The summed E-state index contributed by atoms with van der Waals surface area (Å²) in [5.74, 6) is -0.605. The van der Waals surface area contributed by atoms with E-state index >= 15 is 0 Å². The Morgan fingerprint density at radius 3 is 1.34 bits per heavy atom. The standard InChI is InChI=1S/C41H77NO5/c1-3-5-7-9-11-13-15-17-19-21-23-25-27-29-31-33-35-39(45)41(47)42-37(36-43)40(46)38(44)34-32-30-28-26-24-22-20-18-16-14-12-10-8-6-4-2/h17-20,26,28,37-40,43-46H,3-16,21-25,27,29-36H2,1-2H3,(H,42,47)/b19-17-,20-18+,28-26+. The van der Waals surface area contributed by atoms with Crippen molar-refractivity contribution in [1.29, 1.82) is 0 Å². The molecule has 0 radical (unpaired) electrons. The van der Waals surface area contributed by atoms with Gasteiger partial charge in [0.1, 0.15) is 12.2 Å². The topological polar surface area (TPSA) is 110 Å². The second-order valence-electron chi connectivity index (χ2n) is 13.6. The van der Waals surface area contributed by atoms with E-state index in [1.165, 1.54) is 103 Å². The van der Waals surface area contributed by atoms with Crippen LogP contribution in [0.2, 0.25) is 0 Å². The molecule has 0 heterocycles. The van der Waals surface area contributed by atoms with Crippen molar-refractivity contribution in [2.45, 2.75) is 212 Å². The molecule has 4 unspecified atom stereocenters. The van der Waals surface area contributed by atoms with Crippen LogP contribution in [0.4, 0.5) is 0 Å². The smallest absolute Gasteiger partial charge is 0.249 e. The highest BCUT2D eigenvalue weighted by Crippen LogP contribution is 2.14. The Bertz CT molecular complexity index is 752. The van der Waals surface area contributed by atoms with Crippen molar-refractivity contribution >= 4 is 5.91 Å². The van der Waals surface area contributed by atoms with E-state index in [0.29, 0.717) is 19.3 Å². The number of hydrogen-bond donors (Lipinski definition) is 5. The first kappa shape index (κ1) is 45.5. The van der Waals surface area contributed by atoms with Crippen molar-refractivity contribution in [3.63, 3.8) is 0 Å². The number of aliphatic hydroxyl groups is 4. The molecule has 0 aromatic heterocycles. The van der Waals surface area contributed by atoms with Crippen LogP contribution in [-0.2, 0) is 4.79 Å². The van der Waals surface area contributed by atoms with E-state index in [2.05, 4.69) is 55.6 Å². The molecule has 4 atom stereocenters. The van der Waals surface area contributed by atoms with Crippen LogP contribution in [0.5, 0.6) is 0 Å². The Morgan fingerprint density at radius 1 is 0.511 bits per heavy atom. The van der Waals surface area contributed by atoms with Gasteiger partial charge < -0.3 is 25.7 Å². The molecule has 276 valence electrons. The number of amides is 1. The first-order valence-electron chi connectivity index (χ1n) is 19.9. The van der Waals surface area contributed by atoms with E-state index in [9.17, 15) is 25.2 Å². The van der Waals surface area contributed by atoms with Crippen molar-refractivity contribution in [2.75, 3.05) is 6.61 Å². The van der Waals surface area contributed by atoms with E-state index in [1.807, 2.05) is 0 Å². The number of aliphatic hydroxyl groups excluding tert-OH is 4. The second-order valence-corrected chi connectivity index (χ2v) is 13.6. The molecule has 5 N–H and O–H groups in total. The zero-order valence-corrected chi connectivity index (χ0v) is 30.8. The number of carbonyl (C=O) groups is 1. The third kappa shape index (κ3) is 30.3. The summed E-state index contributed by atoms with van der Waals surface area (Å²) >= 11 is 0. The van der Waals surface area contributed by atoms with Gasteiger partial charge in [-0.2, -0.15) is 0 Å². The van der Waals surface area contributed by atoms with Crippen molar-refractivity contribution in [2.24, 2.45) is 0 Å². The molecule has 1 amide bonds. The van der Waals surface area contributed by atoms with Gasteiger partial charge in [-0.1, -0.05) is 147 Å². The minimum absolute atomic E-state index is 0.352. The molecule has 0 aliphatic rings. The maximum Gasteiger partial charge on any atom is 0.249 e. The molecule has 0 bridgehead atoms. The molecule has 0 saturated carbocycles. The van der Waals surface area contributed by atoms with E-state index in [-0.39, 0.29) is 0 Å². The van der Waals surface area contributed by atoms with Crippen LogP contribution in [-0.4, -0.2) is 57.3 Å². The lowest BCUT2D eigenvalue weighted by molar-refractivity contribution is -0.132. The van der Waals surface area contributed by atoms with Crippen LogP contribution in [0.1, 0.15) is 187 Å². The fraction of sp³-hybridized carbons (Fsp3) is 0.829. The first-order chi connectivity index (χ1) is 23.0. The summed E-state index contributed by atoms with van der Waals surface area (Å²) in [6, 6.07) is -1.01. The summed E-state index contributed by atoms with van der Waals surface area (Å²) in [6.07, 6.45) is 40.2. The molecule has 0 spiro atoms. The average molecular weight is 664 g/mol. The summed E-state index contributed by atoms with van der Waals surface area (Å²) in [5.41, 5.74) is 0. The van der Waals surface area contributed by atoms with Crippen LogP contribution in [0.15, 0.2) is 36.5 Å².